The summed E-state index contributed by atoms with van der Waals surface area (Å²) in [4.78, 5) is 0. The van der Waals surface area contributed by atoms with Crippen molar-refractivity contribution in [1.29, 1.82) is 0 Å². The summed E-state index contributed by atoms with van der Waals surface area (Å²) in [7, 11) is -1.55. The van der Waals surface area contributed by atoms with E-state index >= 15 is 0 Å². The second-order valence-electron chi connectivity index (χ2n) is 6.31. The molecule has 0 aliphatic rings. The van der Waals surface area contributed by atoms with Gasteiger partial charge in [0.2, 0.25) is 0 Å². The Morgan fingerprint density at radius 2 is 1.69 bits per heavy atom. The molecule has 0 unspecified atom stereocenters. The first-order valence-electron chi connectivity index (χ1n) is 6.26. The van der Waals surface area contributed by atoms with E-state index in [4.69, 9.17) is 4.43 Å². The fraction of sp³-hybridized carbons (Fsp3) is 0.857. The maximum Gasteiger partial charge on any atom is 0.192 e. The van der Waals surface area contributed by atoms with Crippen molar-refractivity contribution in [1.82, 2.24) is 0 Å². The number of hydrogen-bond acceptors (Lipinski definition) is 1. The Morgan fingerprint density at radius 1 is 1.12 bits per heavy atom. The molecule has 0 aliphatic heterocycles. The van der Waals surface area contributed by atoms with Crippen LogP contribution in [0.25, 0.3) is 0 Å². The van der Waals surface area contributed by atoms with Gasteiger partial charge in [-0.2, -0.15) is 0 Å². The van der Waals surface area contributed by atoms with Gasteiger partial charge in [0.05, 0.1) is 0 Å². The third-order valence-electron chi connectivity index (χ3n) is 3.13. The Kier molecular flexibility index (Phi) is 6.36. The average Bonchev–Trinajstić information content (AvgIpc) is 2.08. The molecule has 0 spiro atoms. The molecule has 0 amide bonds. The summed E-state index contributed by atoms with van der Waals surface area (Å²) in [5.74, 6) is 7.06. The van der Waals surface area contributed by atoms with E-state index in [0.29, 0.717) is 11.0 Å². The van der Waals surface area contributed by atoms with Crippen molar-refractivity contribution < 1.29 is 4.43 Å². The molecule has 0 fully saturated rings. The molecule has 0 heterocycles. The number of rotatable bonds is 4. The van der Waals surface area contributed by atoms with Crippen molar-refractivity contribution in [3.05, 3.63) is 0 Å². The Balaban J connectivity index is 3.85. The molecular weight excluding hydrogens is 212 g/mol. The second kappa shape index (κ2) is 6.47. The van der Waals surface area contributed by atoms with Crippen LogP contribution in [0.2, 0.25) is 18.1 Å². The third kappa shape index (κ3) is 6.35. The smallest absolute Gasteiger partial charge is 0.192 e. The molecule has 0 saturated heterocycles. The highest BCUT2D eigenvalue weighted by Crippen LogP contribution is 2.36. The normalized spacial score (nSPS) is 12.5. The molecule has 0 rings (SSSR count). The summed E-state index contributed by atoms with van der Waals surface area (Å²) in [6.07, 6.45) is 1.87. The highest BCUT2D eigenvalue weighted by Gasteiger charge is 2.36. The van der Waals surface area contributed by atoms with Gasteiger partial charge >= 0.3 is 0 Å². The van der Waals surface area contributed by atoms with Gasteiger partial charge in [-0.15, -0.1) is 11.8 Å². The second-order valence-corrected chi connectivity index (χ2v) is 11.1. The van der Waals surface area contributed by atoms with Crippen LogP contribution in [-0.2, 0) is 4.43 Å². The molecule has 0 aromatic heterocycles. The summed E-state index contributed by atoms with van der Waals surface area (Å²) in [5, 5.41) is 0.304. The maximum atomic E-state index is 6.04. The zero-order chi connectivity index (χ0) is 12.8. The predicted octanol–water partition coefficient (Wildman–Crippen LogP) is 4.45. The zero-order valence-corrected chi connectivity index (χ0v) is 13.1. The van der Waals surface area contributed by atoms with E-state index in [0.717, 1.165) is 19.4 Å². The number of hydrogen-bond donors (Lipinski definition) is 0. The molecule has 0 aromatic rings. The Hall–Kier alpha value is -0.263. The molecule has 0 aliphatic carbocycles. The lowest BCUT2D eigenvalue weighted by atomic mass is 10.1. The molecule has 0 radical (unpaired) electrons. The molecular formula is C14H28OSi. The lowest BCUT2D eigenvalue weighted by molar-refractivity contribution is 0.296. The van der Waals surface area contributed by atoms with Gasteiger partial charge in [-0.25, -0.2) is 0 Å². The van der Waals surface area contributed by atoms with Gasteiger partial charge in [0.1, 0.15) is 0 Å². The Morgan fingerprint density at radius 3 is 2.12 bits per heavy atom. The van der Waals surface area contributed by atoms with E-state index < -0.39 is 8.32 Å². The van der Waals surface area contributed by atoms with Crippen molar-refractivity contribution in [2.75, 3.05) is 6.61 Å². The lowest BCUT2D eigenvalue weighted by Crippen LogP contribution is -2.40. The van der Waals surface area contributed by atoms with Crippen LogP contribution in [-0.4, -0.2) is 14.9 Å². The zero-order valence-electron chi connectivity index (χ0n) is 12.1. The SMILES string of the molecule is CC(C)CC#CCCO[Si](C)(C)C(C)(C)C. The molecule has 16 heavy (non-hydrogen) atoms. The van der Waals surface area contributed by atoms with Gasteiger partial charge in [-0.1, -0.05) is 34.6 Å². The highest BCUT2D eigenvalue weighted by molar-refractivity contribution is 6.74. The lowest BCUT2D eigenvalue weighted by Gasteiger charge is -2.35. The van der Waals surface area contributed by atoms with Crippen LogP contribution in [0, 0.1) is 17.8 Å². The van der Waals surface area contributed by atoms with Crippen LogP contribution in [0.5, 0.6) is 0 Å². The summed E-state index contributed by atoms with van der Waals surface area (Å²) in [6.45, 7) is 16.6. The van der Waals surface area contributed by atoms with Crippen molar-refractivity contribution in [3.63, 3.8) is 0 Å². The van der Waals surface area contributed by atoms with Crippen LogP contribution in [0.1, 0.15) is 47.5 Å². The van der Waals surface area contributed by atoms with Crippen LogP contribution in [0.3, 0.4) is 0 Å². The van der Waals surface area contributed by atoms with Crippen molar-refractivity contribution in [2.24, 2.45) is 5.92 Å². The van der Waals surface area contributed by atoms with Gasteiger partial charge in [-0.05, 0) is 24.1 Å². The largest absolute Gasteiger partial charge is 0.416 e. The monoisotopic (exact) mass is 240 g/mol. The van der Waals surface area contributed by atoms with Crippen LogP contribution >= 0.6 is 0 Å². The summed E-state index contributed by atoms with van der Waals surface area (Å²) in [6, 6.07) is 0. The van der Waals surface area contributed by atoms with Gasteiger partial charge < -0.3 is 4.43 Å². The molecule has 2 heteroatoms. The van der Waals surface area contributed by atoms with E-state index in [2.05, 4.69) is 59.6 Å². The Bertz CT molecular complexity index is 250. The maximum absolute atomic E-state index is 6.04. The topological polar surface area (TPSA) is 9.23 Å². The highest BCUT2D eigenvalue weighted by atomic mass is 28.4. The van der Waals surface area contributed by atoms with Crippen molar-refractivity contribution in [2.45, 2.75) is 65.6 Å². The third-order valence-corrected chi connectivity index (χ3v) is 7.67. The van der Waals surface area contributed by atoms with Crippen LogP contribution in [0.15, 0.2) is 0 Å². The molecule has 0 N–H and O–H groups in total. The van der Waals surface area contributed by atoms with E-state index in [1.807, 2.05) is 0 Å². The fourth-order valence-corrected chi connectivity index (χ4v) is 1.98. The summed E-state index contributed by atoms with van der Waals surface area (Å²) in [5.41, 5.74) is 0. The molecule has 1 nitrogen and oxygen atoms in total. The van der Waals surface area contributed by atoms with Crippen LogP contribution < -0.4 is 0 Å². The average molecular weight is 240 g/mol. The van der Waals surface area contributed by atoms with E-state index in [1.54, 1.807) is 0 Å². The molecule has 0 saturated carbocycles. The molecule has 0 bridgehead atoms. The van der Waals surface area contributed by atoms with Crippen molar-refractivity contribution >= 4 is 8.32 Å². The molecule has 0 aromatic carbocycles. The summed E-state index contributed by atoms with van der Waals surface area (Å²) >= 11 is 0. The molecule has 94 valence electrons. The minimum Gasteiger partial charge on any atom is -0.416 e. The first kappa shape index (κ1) is 15.7. The molecule has 0 atom stereocenters. The first-order chi connectivity index (χ1) is 7.17. The van der Waals surface area contributed by atoms with E-state index in [-0.39, 0.29) is 0 Å². The van der Waals surface area contributed by atoms with Gasteiger partial charge in [0, 0.05) is 19.4 Å². The van der Waals surface area contributed by atoms with E-state index in [1.165, 1.54) is 0 Å². The van der Waals surface area contributed by atoms with Gasteiger partial charge in [0.15, 0.2) is 8.32 Å². The van der Waals surface area contributed by atoms with Gasteiger partial charge in [0.25, 0.3) is 0 Å². The minimum absolute atomic E-state index is 0.304. The summed E-state index contributed by atoms with van der Waals surface area (Å²) < 4.78 is 6.04. The quantitative estimate of drug-likeness (QED) is 0.401. The Labute approximate surface area is 103 Å². The van der Waals surface area contributed by atoms with Crippen LogP contribution in [0.4, 0.5) is 0 Å². The van der Waals surface area contributed by atoms with Crippen molar-refractivity contribution in [3.8, 4) is 11.8 Å². The fourth-order valence-electron chi connectivity index (χ4n) is 0.938. The predicted molar refractivity (Wildman–Crippen MR) is 75.0 cm³/mol. The standard InChI is InChI=1S/C14H28OSi/c1-13(2)11-9-8-10-12-15-16(6,7)14(3,4)5/h13H,10-12H2,1-7H3. The first-order valence-corrected chi connectivity index (χ1v) is 9.17. The van der Waals surface area contributed by atoms with Gasteiger partial charge in [-0.3, -0.25) is 0 Å². The minimum atomic E-state index is -1.55. The van der Waals surface area contributed by atoms with E-state index in [9.17, 15) is 0 Å².